The van der Waals surface area contributed by atoms with Crippen molar-refractivity contribution in [1.29, 1.82) is 0 Å². The van der Waals surface area contributed by atoms with Crippen molar-refractivity contribution < 1.29 is 4.79 Å². The number of anilines is 1. The minimum Gasteiger partial charge on any atom is -0.353 e. The van der Waals surface area contributed by atoms with E-state index in [0.29, 0.717) is 18.7 Å². The van der Waals surface area contributed by atoms with E-state index in [1.54, 1.807) is 17.1 Å². The molecule has 1 aliphatic heterocycles. The van der Waals surface area contributed by atoms with Crippen LogP contribution in [0.1, 0.15) is 41.6 Å². The van der Waals surface area contributed by atoms with Gasteiger partial charge in [-0.2, -0.15) is 5.10 Å². The molecular formula is C22H26N6O. The van der Waals surface area contributed by atoms with Gasteiger partial charge in [0.1, 0.15) is 11.6 Å². The van der Waals surface area contributed by atoms with Crippen LogP contribution < -0.4 is 4.90 Å². The van der Waals surface area contributed by atoms with Crippen LogP contribution in [0.25, 0.3) is 5.69 Å². The number of carbonyl (C=O) groups is 1. The third kappa shape index (κ3) is 4.13. The minimum atomic E-state index is 0.0218. The van der Waals surface area contributed by atoms with Gasteiger partial charge in [-0.05, 0) is 19.1 Å². The van der Waals surface area contributed by atoms with Crippen molar-refractivity contribution >= 4 is 11.7 Å². The first-order valence-electron chi connectivity index (χ1n) is 10.0. The van der Waals surface area contributed by atoms with Crippen molar-refractivity contribution in [3.63, 3.8) is 0 Å². The monoisotopic (exact) mass is 390 g/mol. The quantitative estimate of drug-likeness (QED) is 0.685. The molecule has 0 aliphatic carbocycles. The van der Waals surface area contributed by atoms with Gasteiger partial charge in [0.25, 0.3) is 5.91 Å². The molecule has 4 rings (SSSR count). The molecule has 1 aliphatic rings. The predicted octanol–water partition coefficient (Wildman–Crippen LogP) is 3.06. The Labute approximate surface area is 171 Å². The lowest BCUT2D eigenvalue weighted by molar-refractivity contribution is 0.0746. The van der Waals surface area contributed by atoms with Gasteiger partial charge in [-0.3, -0.25) is 4.79 Å². The standard InChI is InChI=1S/C22H26N6O/c1-16(2)21-24-17(3)13-20(25-21)26-9-11-27(12-10-26)22(29)18-14-23-28(15-18)19-7-5-4-6-8-19/h4-8,13-16H,9-12H2,1-3H3. The highest BCUT2D eigenvalue weighted by atomic mass is 16.2. The highest BCUT2D eigenvalue weighted by Crippen LogP contribution is 2.19. The van der Waals surface area contributed by atoms with Gasteiger partial charge in [0.05, 0.1) is 17.4 Å². The lowest BCUT2D eigenvalue weighted by Crippen LogP contribution is -2.49. The number of rotatable bonds is 4. The van der Waals surface area contributed by atoms with Crippen molar-refractivity contribution in [3.8, 4) is 5.69 Å². The number of benzene rings is 1. The van der Waals surface area contributed by atoms with E-state index < -0.39 is 0 Å². The Morgan fingerprint density at radius 1 is 1.03 bits per heavy atom. The van der Waals surface area contributed by atoms with Gasteiger partial charge < -0.3 is 9.80 Å². The van der Waals surface area contributed by atoms with Crippen LogP contribution in [-0.2, 0) is 0 Å². The summed E-state index contributed by atoms with van der Waals surface area (Å²) in [6, 6.07) is 11.8. The predicted molar refractivity (Wildman–Crippen MR) is 113 cm³/mol. The topological polar surface area (TPSA) is 67.2 Å². The molecule has 1 fully saturated rings. The maximum Gasteiger partial charge on any atom is 0.257 e. The highest BCUT2D eigenvalue weighted by molar-refractivity contribution is 5.94. The van der Waals surface area contributed by atoms with Crippen molar-refractivity contribution in [1.82, 2.24) is 24.6 Å². The molecule has 3 aromatic rings. The number of piperazine rings is 1. The van der Waals surface area contributed by atoms with Gasteiger partial charge >= 0.3 is 0 Å². The van der Waals surface area contributed by atoms with Gasteiger partial charge in [-0.1, -0.05) is 32.0 Å². The van der Waals surface area contributed by atoms with Gasteiger partial charge in [0, 0.05) is 50.1 Å². The molecule has 0 spiro atoms. The number of para-hydroxylation sites is 1. The minimum absolute atomic E-state index is 0.0218. The molecule has 0 unspecified atom stereocenters. The summed E-state index contributed by atoms with van der Waals surface area (Å²) in [4.78, 5) is 26.3. The molecule has 29 heavy (non-hydrogen) atoms. The highest BCUT2D eigenvalue weighted by Gasteiger charge is 2.24. The summed E-state index contributed by atoms with van der Waals surface area (Å²) in [5, 5.41) is 4.34. The van der Waals surface area contributed by atoms with Gasteiger partial charge in [-0.25, -0.2) is 14.6 Å². The lowest BCUT2D eigenvalue weighted by atomic mass is 10.2. The summed E-state index contributed by atoms with van der Waals surface area (Å²) < 4.78 is 1.74. The van der Waals surface area contributed by atoms with E-state index in [-0.39, 0.29) is 11.8 Å². The van der Waals surface area contributed by atoms with Crippen molar-refractivity contribution in [3.05, 3.63) is 65.9 Å². The molecular weight excluding hydrogens is 364 g/mol. The Bertz CT molecular complexity index is 990. The van der Waals surface area contributed by atoms with Gasteiger partial charge in [-0.15, -0.1) is 0 Å². The smallest absolute Gasteiger partial charge is 0.257 e. The Kier molecular flexibility index (Phi) is 5.29. The SMILES string of the molecule is Cc1cc(N2CCN(C(=O)c3cnn(-c4ccccc4)c3)CC2)nc(C(C)C)n1. The van der Waals surface area contributed by atoms with Crippen LogP contribution in [0.2, 0.25) is 0 Å². The second-order valence-corrected chi connectivity index (χ2v) is 7.67. The van der Waals surface area contributed by atoms with Crippen LogP contribution >= 0.6 is 0 Å². The van der Waals surface area contributed by atoms with Crippen molar-refractivity contribution in [2.45, 2.75) is 26.7 Å². The summed E-state index contributed by atoms with van der Waals surface area (Å²) in [5.74, 6) is 2.13. The molecule has 0 N–H and O–H groups in total. The third-order valence-corrected chi connectivity index (χ3v) is 5.12. The van der Waals surface area contributed by atoms with E-state index in [1.165, 1.54) is 0 Å². The Morgan fingerprint density at radius 3 is 2.45 bits per heavy atom. The average Bonchev–Trinajstić information content (AvgIpc) is 3.24. The molecule has 1 aromatic carbocycles. The molecule has 1 saturated heterocycles. The van der Waals surface area contributed by atoms with E-state index in [4.69, 9.17) is 4.98 Å². The Balaban J connectivity index is 1.42. The lowest BCUT2D eigenvalue weighted by Gasteiger charge is -2.35. The van der Waals surface area contributed by atoms with Crippen molar-refractivity contribution in [2.24, 2.45) is 0 Å². The molecule has 7 nitrogen and oxygen atoms in total. The van der Waals surface area contributed by atoms with Crippen LogP contribution in [0.3, 0.4) is 0 Å². The second kappa shape index (κ2) is 8.03. The number of carbonyl (C=O) groups excluding carboxylic acids is 1. The zero-order valence-corrected chi connectivity index (χ0v) is 17.1. The van der Waals surface area contributed by atoms with E-state index in [1.807, 2.05) is 48.2 Å². The fraction of sp³-hybridized carbons (Fsp3) is 0.364. The van der Waals surface area contributed by atoms with E-state index in [9.17, 15) is 4.79 Å². The van der Waals surface area contributed by atoms with Crippen LogP contribution in [0.4, 0.5) is 5.82 Å². The van der Waals surface area contributed by atoms with E-state index in [2.05, 4.69) is 28.8 Å². The number of hydrogen-bond acceptors (Lipinski definition) is 5. The molecule has 150 valence electrons. The first kappa shape index (κ1) is 19.1. The maximum absolute atomic E-state index is 12.9. The molecule has 1 amide bonds. The van der Waals surface area contributed by atoms with E-state index >= 15 is 0 Å². The maximum atomic E-state index is 12.9. The number of hydrogen-bond donors (Lipinski definition) is 0. The largest absolute Gasteiger partial charge is 0.353 e. The number of nitrogens with zero attached hydrogens (tertiary/aromatic N) is 6. The van der Waals surface area contributed by atoms with Crippen LogP contribution in [0.15, 0.2) is 48.8 Å². The van der Waals surface area contributed by atoms with Crippen LogP contribution in [-0.4, -0.2) is 56.7 Å². The van der Waals surface area contributed by atoms with Gasteiger partial charge in [0.2, 0.25) is 0 Å². The summed E-state index contributed by atoms with van der Waals surface area (Å²) in [7, 11) is 0. The molecule has 0 radical (unpaired) electrons. The van der Waals surface area contributed by atoms with Crippen LogP contribution in [0.5, 0.6) is 0 Å². The number of aryl methyl sites for hydroxylation is 1. The molecule has 0 atom stereocenters. The molecule has 2 aromatic heterocycles. The van der Waals surface area contributed by atoms with Gasteiger partial charge in [0.15, 0.2) is 0 Å². The zero-order chi connectivity index (χ0) is 20.4. The summed E-state index contributed by atoms with van der Waals surface area (Å²) in [5.41, 5.74) is 2.53. The second-order valence-electron chi connectivity index (χ2n) is 7.67. The van der Waals surface area contributed by atoms with Crippen LogP contribution in [0, 0.1) is 6.92 Å². The molecule has 3 heterocycles. The first-order valence-corrected chi connectivity index (χ1v) is 10.0. The average molecular weight is 390 g/mol. The summed E-state index contributed by atoms with van der Waals surface area (Å²) >= 11 is 0. The fourth-order valence-corrected chi connectivity index (χ4v) is 3.47. The summed E-state index contributed by atoms with van der Waals surface area (Å²) in [6.07, 6.45) is 3.44. The molecule has 0 bridgehead atoms. The number of amides is 1. The molecule has 0 saturated carbocycles. The summed E-state index contributed by atoms with van der Waals surface area (Å²) in [6.45, 7) is 9.04. The fourth-order valence-electron chi connectivity index (χ4n) is 3.47. The molecule has 7 heteroatoms. The first-order chi connectivity index (χ1) is 14.0. The number of aromatic nitrogens is 4. The Hall–Kier alpha value is -3.22. The third-order valence-electron chi connectivity index (χ3n) is 5.12. The van der Waals surface area contributed by atoms with Crippen molar-refractivity contribution in [2.75, 3.05) is 31.1 Å². The van der Waals surface area contributed by atoms with E-state index in [0.717, 1.165) is 36.1 Å². The Morgan fingerprint density at radius 2 is 1.76 bits per heavy atom. The zero-order valence-electron chi connectivity index (χ0n) is 17.1. The normalized spacial score (nSPS) is 14.5.